The van der Waals surface area contributed by atoms with Crippen molar-refractivity contribution < 1.29 is 24.5 Å². The number of hydrogen-bond donors (Lipinski definition) is 3. The van der Waals surface area contributed by atoms with Gasteiger partial charge in [-0.05, 0) is 42.0 Å². The molecule has 0 spiro atoms. The Morgan fingerprint density at radius 3 is 2.70 bits per heavy atom. The summed E-state index contributed by atoms with van der Waals surface area (Å²) in [5.74, 6) is 0.140. The van der Waals surface area contributed by atoms with Crippen LogP contribution in [0.3, 0.4) is 0 Å². The molecule has 1 saturated carbocycles. The first-order chi connectivity index (χ1) is 14.5. The summed E-state index contributed by atoms with van der Waals surface area (Å²) in [6, 6.07) is 8.40. The number of nitrogens with one attached hydrogen (secondary N) is 1. The third-order valence-corrected chi connectivity index (χ3v) is 5.24. The summed E-state index contributed by atoms with van der Waals surface area (Å²) in [6.07, 6.45) is 2.57. The van der Waals surface area contributed by atoms with Crippen molar-refractivity contribution in [3.05, 3.63) is 63.6 Å². The SMILES string of the molecule is CNC(=O)c1cc(C(=O)C[C@@H]2C[C@H]2CO)cn(Cc2cccc(OCCO)c2)c1=O. The first-order valence-corrected chi connectivity index (χ1v) is 9.90. The summed E-state index contributed by atoms with van der Waals surface area (Å²) in [4.78, 5) is 37.8. The molecule has 0 saturated heterocycles. The highest BCUT2D eigenvalue weighted by molar-refractivity contribution is 6.00. The highest BCUT2D eigenvalue weighted by atomic mass is 16.5. The molecule has 1 amide bonds. The minimum atomic E-state index is -0.553. The first kappa shape index (κ1) is 21.7. The van der Waals surface area contributed by atoms with Gasteiger partial charge < -0.3 is 24.8 Å². The Kier molecular flexibility index (Phi) is 7.02. The Balaban J connectivity index is 1.90. The lowest BCUT2D eigenvalue weighted by molar-refractivity contribution is 0.0961. The van der Waals surface area contributed by atoms with Gasteiger partial charge in [-0.15, -0.1) is 0 Å². The van der Waals surface area contributed by atoms with E-state index in [9.17, 15) is 19.5 Å². The van der Waals surface area contributed by atoms with E-state index in [1.54, 1.807) is 18.2 Å². The molecule has 1 heterocycles. The van der Waals surface area contributed by atoms with Gasteiger partial charge in [-0.1, -0.05) is 12.1 Å². The zero-order valence-electron chi connectivity index (χ0n) is 16.8. The van der Waals surface area contributed by atoms with Crippen molar-refractivity contribution in [1.82, 2.24) is 9.88 Å². The van der Waals surface area contributed by atoms with Gasteiger partial charge in [0.05, 0.1) is 13.2 Å². The molecule has 0 radical (unpaired) electrons. The van der Waals surface area contributed by atoms with E-state index in [4.69, 9.17) is 9.84 Å². The second kappa shape index (κ2) is 9.69. The molecule has 30 heavy (non-hydrogen) atoms. The molecule has 0 bridgehead atoms. The summed E-state index contributed by atoms with van der Waals surface area (Å²) in [7, 11) is 1.43. The number of aliphatic hydroxyl groups excluding tert-OH is 2. The molecule has 0 unspecified atom stereocenters. The molecular weight excluding hydrogens is 388 g/mol. The highest BCUT2D eigenvalue weighted by Gasteiger charge is 2.38. The van der Waals surface area contributed by atoms with Crippen LogP contribution in [-0.2, 0) is 6.54 Å². The quantitative estimate of drug-likeness (QED) is 0.496. The molecule has 160 valence electrons. The third kappa shape index (κ3) is 5.14. The third-order valence-electron chi connectivity index (χ3n) is 5.24. The molecule has 2 aromatic rings. The number of rotatable bonds is 10. The number of ketones is 1. The van der Waals surface area contributed by atoms with Crippen molar-refractivity contribution in [2.75, 3.05) is 26.9 Å². The molecule has 8 nitrogen and oxygen atoms in total. The maximum absolute atomic E-state index is 12.8. The number of Topliss-reactive ketones (excluding diaryl/α,β-unsaturated/α-hetero) is 1. The van der Waals surface area contributed by atoms with Crippen LogP contribution in [-0.4, -0.2) is 53.3 Å². The van der Waals surface area contributed by atoms with E-state index in [2.05, 4.69) is 5.32 Å². The van der Waals surface area contributed by atoms with Gasteiger partial charge in [0.15, 0.2) is 5.78 Å². The van der Waals surface area contributed by atoms with Crippen molar-refractivity contribution in [1.29, 1.82) is 0 Å². The minimum absolute atomic E-state index is 0.0651. The zero-order chi connectivity index (χ0) is 21.7. The lowest BCUT2D eigenvalue weighted by Crippen LogP contribution is -2.32. The van der Waals surface area contributed by atoms with E-state index < -0.39 is 11.5 Å². The second-order valence-electron chi connectivity index (χ2n) is 7.44. The fourth-order valence-corrected chi connectivity index (χ4v) is 3.44. The van der Waals surface area contributed by atoms with E-state index in [0.717, 1.165) is 12.0 Å². The average Bonchev–Trinajstić information content (AvgIpc) is 3.51. The van der Waals surface area contributed by atoms with Gasteiger partial charge in [0.2, 0.25) is 0 Å². The second-order valence-corrected chi connectivity index (χ2v) is 7.44. The Labute approximate surface area is 174 Å². The molecule has 3 rings (SSSR count). The number of carbonyl (C=O) groups is 2. The summed E-state index contributed by atoms with van der Waals surface area (Å²) >= 11 is 0. The van der Waals surface area contributed by atoms with Crippen LogP contribution in [0.15, 0.2) is 41.3 Å². The van der Waals surface area contributed by atoms with Crippen molar-refractivity contribution in [2.24, 2.45) is 11.8 Å². The van der Waals surface area contributed by atoms with Crippen molar-refractivity contribution in [3.63, 3.8) is 0 Å². The number of pyridine rings is 1. The zero-order valence-corrected chi connectivity index (χ0v) is 16.8. The first-order valence-electron chi connectivity index (χ1n) is 9.90. The number of hydrogen-bond acceptors (Lipinski definition) is 6. The summed E-state index contributed by atoms with van der Waals surface area (Å²) in [6.45, 7) is 0.268. The number of carbonyl (C=O) groups excluding carboxylic acids is 2. The maximum Gasteiger partial charge on any atom is 0.263 e. The number of amides is 1. The lowest BCUT2D eigenvalue weighted by atomic mass is 10.0. The van der Waals surface area contributed by atoms with Crippen LogP contribution in [0.2, 0.25) is 0 Å². The van der Waals surface area contributed by atoms with Crippen LogP contribution in [0, 0.1) is 11.8 Å². The standard InChI is InChI=1S/C22H26N2O6/c1-23-21(28)19-9-16(20(27)10-15-8-17(15)13-26)12-24(22(19)29)11-14-3-2-4-18(7-14)30-6-5-25/h2-4,7,9,12,15,17,25-26H,5-6,8,10-11,13H2,1H3,(H,23,28)/t15-,17-/m0/s1. The minimum Gasteiger partial charge on any atom is -0.491 e. The van der Waals surface area contributed by atoms with Gasteiger partial charge in [-0.25, -0.2) is 0 Å². The van der Waals surface area contributed by atoms with Gasteiger partial charge in [0.25, 0.3) is 11.5 Å². The van der Waals surface area contributed by atoms with E-state index in [1.165, 1.54) is 23.9 Å². The Morgan fingerprint density at radius 2 is 2.03 bits per heavy atom. The number of nitrogens with zero attached hydrogens (tertiary/aromatic N) is 1. The number of benzene rings is 1. The average molecular weight is 414 g/mol. The predicted molar refractivity (Wildman–Crippen MR) is 110 cm³/mol. The molecule has 8 heteroatoms. The molecule has 2 atom stereocenters. The van der Waals surface area contributed by atoms with Crippen LogP contribution >= 0.6 is 0 Å². The molecule has 3 N–H and O–H groups in total. The fraction of sp³-hybridized carbons (Fsp3) is 0.409. The predicted octanol–water partition coefficient (Wildman–Crippen LogP) is 0.828. The van der Waals surface area contributed by atoms with Crippen LogP contribution in [0.1, 0.15) is 39.1 Å². The van der Waals surface area contributed by atoms with E-state index >= 15 is 0 Å². The molecule has 0 aliphatic heterocycles. The molecule has 1 fully saturated rings. The molecule has 1 aliphatic carbocycles. The van der Waals surface area contributed by atoms with E-state index in [1.807, 2.05) is 6.07 Å². The Bertz CT molecular complexity index is 984. The topological polar surface area (TPSA) is 118 Å². The van der Waals surface area contributed by atoms with Crippen molar-refractivity contribution >= 4 is 11.7 Å². The largest absolute Gasteiger partial charge is 0.491 e. The maximum atomic E-state index is 12.8. The van der Waals surface area contributed by atoms with Gasteiger partial charge in [-0.2, -0.15) is 0 Å². The van der Waals surface area contributed by atoms with Crippen molar-refractivity contribution in [2.45, 2.75) is 19.4 Å². The lowest BCUT2D eigenvalue weighted by Gasteiger charge is -2.12. The molecule has 1 aromatic carbocycles. The van der Waals surface area contributed by atoms with Crippen LogP contribution in [0.4, 0.5) is 0 Å². The fourth-order valence-electron chi connectivity index (χ4n) is 3.44. The van der Waals surface area contributed by atoms with Gasteiger partial charge in [0.1, 0.15) is 17.9 Å². The number of aliphatic hydroxyl groups is 2. The van der Waals surface area contributed by atoms with Gasteiger partial charge in [0, 0.05) is 31.8 Å². The van der Waals surface area contributed by atoms with Gasteiger partial charge >= 0.3 is 0 Å². The smallest absolute Gasteiger partial charge is 0.263 e. The Hall–Kier alpha value is -2.97. The highest BCUT2D eigenvalue weighted by Crippen LogP contribution is 2.41. The Morgan fingerprint density at radius 1 is 1.23 bits per heavy atom. The normalized spacial score (nSPS) is 17.4. The number of aromatic nitrogens is 1. The van der Waals surface area contributed by atoms with E-state index in [0.29, 0.717) is 11.3 Å². The van der Waals surface area contributed by atoms with Crippen LogP contribution < -0.4 is 15.6 Å². The number of ether oxygens (including phenoxy) is 1. The van der Waals surface area contributed by atoms with E-state index in [-0.39, 0.29) is 56.0 Å². The molecular formula is C22H26N2O6. The monoisotopic (exact) mass is 414 g/mol. The summed E-state index contributed by atoms with van der Waals surface area (Å²) in [5, 5.41) is 20.5. The van der Waals surface area contributed by atoms with Crippen LogP contribution in [0.25, 0.3) is 0 Å². The summed E-state index contributed by atoms with van der Waals surface area (Å²) < 4.78 is 6.75. The van der Waals surface area contributed by atoms with Crippen molar-refractivity contribution in [3.8, 4) is 5.75 Å². The summed E-state index contributed by atoms with van der Waals surface area (Å²) in [5.41, 5.74) is 0.463. The van der Waals surface area contributed by atoms with Gasteiger partial charge in [-0.3, -0.25) is 14.4 Å². The molecule has 1 aliphatic rings. The molecule has 1 aromatic heterocycles. The van der Waals surface area contributed by atoms with Crippen LogP contribution in [0.5, 0.6) is 5.75 Å².